The summed E-state index contributed by atoms with van der Waals surface area (Å²) in [4.78, 5) is 10.7. The largest absolute Gasteiger partial charge is 0.326 e. The molecule has 44 valence electrons. The van der Waals surface area contributed by atoms with Gasteiger partial charge in [-0.3, -0.25) is 9.17 Å². The first-order valence-corrected chi connectivity index (χ1v) is 2.79. The van der Waals surface area contributed by atoms with Crippen LogP contribution < -0.4 is 11.3 Å². The fourth-order valence-electron chi connectivity index (χ4n) is 0.354. The Balaban J connectivity index is 3.07. The van der Waals surface area contributed by atoms with E-state index in [0.717, 1.165) is 17.6 Å². The molecular formula is C4H6N2OS. The lowest BCUT2D eigenvalue weighted by molar-refractivity contribution is 1.11. The standard InChI is InChI=1S/C4H6N2OS/c5-2-3-1-4(7)6-8-3/h1H,2,5H2,(H,6,7)/i2D2. The van der Waals surface area contributed by atoms with Gasteiger partial charge in [-0.15, -0.1) is 0 Å². The van der Waals surface area contributed by atoms with Crippen molar-refractivity contribution in [3.05, 3.63) is 21.3 Å². The molecule has 0 radical (unpaired) electrons. The zero-order valence-corrected chi connectivity index (χ0v) is 4.79. The van der Waals surface area contributed by atoms with Gasteiger partial charge in [-0.2, -0.15) is 0 Å². The van der Waals surface area contributed by atoms with Gasteiger partial charge in [-0.05, 0) is 0 Å². The molecule has 0 unspecified atom stereocenters. The van der Waals surface area contributed by atoms with E-state index in [2.05, 4.69) is 4.37 Å². The van der Waals surface area contributed by atoms with Crippen molar-refractivity contribution in [2.24, 2.45) is 5.73 Å². The Morgan fingerprint density at radius 3 is 3.12 bits per heavy atom. The molecule has 3 N–H and O–H groups in total. The van der Waals surface area contributed by atoms with Crippen molar-refractivity contribution in [2.75, 3.05) is 0 Å². The maximum absolute atomic E-state index is 10.5. The van der Waals surface area contributed by atoms with Crippen LogP contribution in [0.25, 0.3) is 0 Å². The molecule has 4 heteroatoms. The average Bonchev–Trinajstić information content (AvgIpc) is 2.11. The summed E-state index contributed by atoms with van der Waals surface area (Å²) >= 11 is 0.919. The van der Waals surface area contributed by atoms with E-state index in [1.807, 2.05) is 0 Å². The minimum Gasteiger partial charge on any atom is -0.326 e. The lowest BCUT2D eigenvalue weighted by Crippen LogP contribution is -1.95. The van der Waals surface area contributed by atoms with Crippen molar-refractivity contribution in [1.82, 2.24) is 4.37 Å². The number of aromatic nitrogens is 1. The first-order valence-electron chi connectivity index (χ1n) is 2.98. The molecule has 3 nitrogen and oxygen atoms in total. The van der Waals surface area contributed by atoms with E-state index in [0.29, 0.717) is 0 Å². The molecule has 0 aliphatic heterocycles. The molecule has 1 heterocycles. The molecule has 1 rings (SSSR count). The normalized spacial score (nSPS) is 15.1. The van der Waals surface area contributed by atoms with Crippen LogP contribution in [0.5, 0.6) is 0 Å². The van der Waals surface area contributed by atoms with Gasteiger partial charge in [0.15, 0.2) is 0 Å². The predicted molar refractivity (Wildman–Crippen MR) is 32.8 cm³/mol. The Bertz CT molecular complexity index is 273. The van der Waals surface area contributed by atoms with Gasteiger partial charge in [0.05, 0.1) is 0 Å². The smallest absolute Gasteiger partial charge is 0.258 e. The molecule has 0 saturated heterocycles. The summed E-state index contributed by atoms with van der Waals surface area (Å²) in [7, 11) is 0. The van der Waals surface area contributed by atoms with Gasteiger partial charge < -0.3 is 5.73 Å². The Kier molecular flexibility index (Phi) is 0.901. The maximum atomic E-state index is 10.5. The number of nitrogens with one attached hydrogen (secondary N) is 1. The lowest BCUT2D eigenvalue weighted by Gasteiger charge is -1.77. The van der Waals surface area contributed by atoms with Crippen molar-refractivity contribution in [3.63, 3.8) is 0 Å². The molecule has 0 aliphatic carbocycles. The van der Waals surface area contributed by atoms with Gasteiger partial charge in [-0.25, -0.2) is 0 Å². The number of rotatable bonds is 1. The third kappa shape index (κ3) is 0.962. The van der Waals surface area contributed by atoms with Crippen LogP contribution in [-0.4, -0.2) is 4.37 Å². The van der Waals surface area contributed by atoms with Crippen molar-refractivity contribution < 1.29 is 2.74 Å². The molecule has 0 bridgehead atoms. The van der Waals surface area contributed by atoms with Crippen LogP contribution in [0.3, 0.4) is 0 Å². The van der Waals surface area contributed by atoms with E-state index in [9.17, 15) is 4.79 Å². The molecule has 0 spiro atoms. The summed E-state index contributed by atoms with van der Waals surface area (Å²) < 4.78 is 16.3. The monoisotopic (exact) mass is 132 g/mol. The van der Waals surface area contributed by atoms with Gasteiger partial charge in [0.1, 0.15) is 0 Å². The van der Waals surface area contributed by atoms with Crippen molar-refractivity contribution in [1.29, 1.82) is 0 Å². The Hall–Kier alpha value is -0.610. The van der Waals surface area contributed by atoms with Crippen molar-refractivity contribution >= 4 is 11.5 Å². The Morgan fingerprint density at radius 2 is 2.88 bits per heavy atom. The highest BCUT2D eigenvalue weighted by molar-refractivity contribution is 7.05. The number of nitrogens with two attached hydrogens (primary N) is 1. The summed E-state index contributed by atoms with van der Waals surface area (Å²) in [5, 5.41) is 0. The van der Waals surface area contributed by atoms with Crippen LogP contribution in [0.1, 0.15) is 7.62 Å². The fraction of sp³-hybridized carbons (Fsp3) is 0.250. The second-order valence-electron chi connectivity index (χ2n) is 1.22. The van der Waals surface area contributed by atoms with E-state index in [1.54, 1.807) is 0 Å². The quantitative estimate of drug-likeness (QED) is 0.560. The molecule has 8 heavy (non-hydrogen) atoms. The van der Waals surface area contributed by atoms with E-state index >= 15 is 0 Å². The molecule has 0 aromatic carbocycles. The number of H-pyrrole nitrogens is 1. The highest BCUT2D eigenvalue weighted by atomic mass is 32.1. The molecule has 0 aliphatic rings. The van der Waals surface area contributed by atoms with Crippen LogP contribution >= 0.6 is 11.5 Å². The molecule has 1 aromatic heterocycles. The zero-order chi connectivity index (χ0) is 7.78. The van der Waals surface area contributed by atoms with Crippen LogP contribution in [-0.2, 0) is 6.50 Å². The first-order chi connectivity index (χ1) is 4.50. The highest BCUT2D eigenvalue weighted by Crippen LogP contribution is 1.96. The van der Waals surface area contributed by atoms with Crippen LogP contribution in [0, 0.1) is 0 Å². The minimum absolute atomic E-state index is 0.220. The Labute approximate surface area is 53.1 Å². The van der Waals surface area contributed by atoms with Gasteiger partial charge in [-0.1, -0.05) is 11.5 Å². The molecule has 0 amide bonds. The zero-order valence-electron chi connectivity index (χ0n) is 5.97. The summed E-state index contributed by atoms with van der Waals surface area (Å²) in [5.74, 6) is 0. The Morgan fingerprint density at radius 1 is 2.12 bits per heavy atom. The third-order valence-electron chi connectivity index (χ3n) is 0.666. The van der Waals surface area contributed by atoms with E-state index in [1.165, 1.54) is 0 Å². The van der Waals surface area contributed by atoms with Gasteiger partial charge >= 0.3 is 0 Å². The second-order valence-corrected chi connectivity index (χ2v) is 2.07. The second kappa shape index (κ2) is 2.11. The van der Waals surface area contributed by atoms with Crippen LogP contribution in [0.15, 0.2) is 10.9 Å². The number of hydrogen-bond donors (Lipinski definition) is 2. The van der Waals surface area contributed by atoms with Crippen LogP contribution in [0.4, 0.5) is 0 Å². The molecule has 0 atom stereocenters. The molecule has 0 saturated carbocycles. The van der Waals surface area contributed by atoms with E-state index in [4.69, 9.17) is 8.48 Å². The fourth-order valence-corrected chi connectivity index (χ4v) is 0.849. The summed E-state index contributed by atoms with van der Waals surface area (Å²) in [5.41, 5.74) is 4.74. The van der Waals surface area contributed by atoms with Gasteiger partial charge in [0.2, 0.25) is 0 Å². The minimum atomic E-state index is -1.90. The van der Waals surface area contributed by atoms with Crippen LogP contribution in [0.2, 0.25) is 0 Å². The average molecular weight is 132 g/mol. The van der Waals surface area contributed by atoms with Gasteiger partial charge in [0.25, 0.3) is 5.56 Å². The van der Waals surface area contributed by atoms with E-state index < -0.39 is 6.50 Å². The number of hydrogen-bond acceptors (Lipinski definition) is 3. The van der Waals surface area contributed by atoms with Crippen molar-refractivity contribution in [3.8, 4) is 0 Å². The molecular weight excluding hydrogens is 124 g/mol. The lowest BCUT2D eigenvalue weighted by atomic mass is 10.5. The molecule has 0 fully saturated rings. The highest BCUT2D eigenvalue weighted by Gasteiger charge is 1.89. The maximum Gasteiger partial charge on any atom is 0.258 e. The summed E-state index contributed by atoms with van der Waals surface area (Å²) in [6.45, 7) is -1.90. The van der Waals surface area contributed by atoms with E-state index in [-0.39, 0.29) is 10.4 Å². The number of aromatic amines is 1. The SMILES string of the molecule is [2H]C([2H])(N)c1cc(=O)[nH]s1. The topological polar surface area (TPSA) is 58.9 Å². The summed E-state index contributed by atoms with van der Waals surface area (Å²) in [6.07, 6.45) is 0. The van der Waals surface area contributed by atoms with Gasteiger partial charge in [0, 0.05) is 20.2 Å². The summed E-state index contributed by atoms with van der Waals surface area (Å²) in [6, 6.07) is 1.16. The first kappa shape index (κ1) is 3.42. The molecule has 1 aromatic rings. The predicted octanol–water partition coefficient (Wildman–Crippen LogP) is -0.105. The van der Waals surface area contributed by atoms with Crippen molar-refractivity contribution in [2.45, 2.75) is 6.50 Å². The third-order valence-corrected chi connectivity index (χ3v) is 1.42.